The van der Waals surface area contributed by atoms with Crippen LogP contribution in [0.5, 0.6) is 5.75 Å². The minimum Gasteiger partial charge on any atom is -0.465 e. The second-order valence-electron chi connectivity index (χ2n) is 7.92. The Morgan fingerprint density at radius 1 is 0.967 bits per heavy atom. The van der Waals surface area contributed by atoms with E-state index >= 15 is 0 Å². The predicted molar refractivity (Wildman–Crippen MR) is 105 cm³/mol. The number of hydrogen-bond acceptors (Lipinski definition) is 8. The molecule has 30 heavy (non-hydrogen) atoms. The molecule has 0 spiro atoms. The quantitative estimate of drug-likeness (QED) is 0.415. The van der Waals surface area contributed by atoms with Crippen LogP contribution in [0.4, 0.5) is 4.79 Å². The molecule has 9 heteroatoms. The summed E-state index contributed by atoms with van der Waals surface area (Å²) in [7, 11) is 2.40. The molecule has 2 rings (SSSR count). The van der Waals surface area contributed by atoms with E-state index in [2.05, 4.69) is 9.47 Å². The molecular formula is C21H27NO8. The lowest BCUT2D eigenvalue weighted by Gasteiger charge is -2.33. The third kappa shape index (κ3) is 6.20. The summed E-state index contributed by atoms with van der Waals surface area (Å²) >= 11 is 0. The van der Waals surface area contributed by atoms with Crippen molar-refractivity contribution in [1.82, 2.24) is 4.90 Å². The average molecular weight is 421 g/mol. The molecule has 1 heterocycles. The number of rotatable bonds is 4. The summed E-state index contributed by atoms with van der Waals surface area (Å²) in [5.41, 5.74) is -0.548. The van der Waals surface area contributed by atoms with Crippen molar-refractivity contribution in [2.24, 2.45) is 5.92 Å². The summed E-state index contributed by atoms with van der Waals surface area (Å²) in [5, 5.41) is 0. The van der Waals surface area contributed by atoms with Gasteiger partial charge in [-0.3, -0.25) is 4.79 Å². The van der Waals surface area contributed by atoms with E-state index in [1.165, 1.54) is 37.3 Å². The van der Waals surface area contributed by atoms with Gasteiger partial charge in [0.05, 0.1) is 31.3 Å². The highest BCUT2D eigenvalue weighted by Crippen LogP contribution is 2.24. The molecule has 1 amide bonds. The van der Waals surface area contributed by atoms with Crippen LogP contribution in [0.1, 0.15) is 54.3 Å². The maximum Gasteiger partial charge on any atom is 0.410 e. The van der Waals surface area contributed by atoms with Crippen LogP contribution in [0, 0.1) is 5.92 Å². The zero-order chi connectivity index (χ0) is 22.5. The summed E-state index contributed by atoms with van der Waals surface area (Å²) in [6.07, 6.45) is 0.675. The Hall–Kier alpha value is -3.10. The third-order valence-electron chi connectivity index (χ3n) is 4.37. The normalized spacial score (nSPS) is 16.4. The lowest BCUT2D eigenvalue weighted by Crippen LogP contribution is -2.45. The maximum atomic E-state index is 12.7. The van der Waals surface area contributed by atoms with Gasteiger partial charge in [0.25, 0.3) is 0 Å². The summed E-state index contributed by atoms with van der Waals surface area (Å²) in [5.74, 6) is -2.49. The molecule has 1 aliphatic heterocycles. The Morgan fingerprint density at radius 3 is 2.03 bits per heavy atom. The van der Waals surface area contributed by atoms with Crippen LogP contribution in [-0.2, 0) is 19.0 Å². The van der Waals surface area contributed by atoms with Gasteiger partial charge in [0.1, 0.15) is 11.4 Å². The summed E-state index contributed by atoms with van der Waals surface area (Å²) in [6, 6.07) is 3.91. The molecule has 0 N–H and O–H groups in total. The number of ether oxygens (including phenoxy) is 4. The molecule has 0 aromatic heterocycles. The maximum absolute atomic E-state index is 12.7. The number of piperidine rings is 1. The SMILES string of the molecule is COC(=O)c1cc(OC(=O)[C@@H]2CCCN(C(=O)OC(C)(C)C)C2)cc(C(=O)OC)c1. The first-order chi connectivity index (χ1) is 14.0. The lowest BCUT2D eigenvalue weighted by atomic mass is 9.98. The highest BCUT2D eigenvalue weighted by molar-refractivity contribution is 5.96. The fourth-order valence-corrected chi connectivity index (χ4v) is 2.99. The number of esters is 3. The second kappa shape index (κ2) is 9.60. The molecule has 164 valence electrons. The van der Waals surface area contributed by atoms with Crippen molar-refractivity contribution < 1.29 is 38.1 Å². The number of nitrogens with zero attached hydrogens (tertiary/aromatic N) is 1. The van der Waals surface area contributed by atoms with Crippen LogP contribution in [0.3, 0.4) is 0 Å². The van der Waals surface area contributed by atoms with Crippen LogP contribution in [-0.4, -0.2) is 61.8 Å². The van der Waals surface area contributed by atoms with Crippen molar-refractivity contribution in [3.63, 3.8) is 0 Å². The Kier molecular flexibility index (Phi) is 7.42. The molecule has 1 saturated heterocycles. The molecule has 1 aromatic carbocycles. The van der Waals surface area contributed by atoms with Gasteiger partial charge in [0.2, 0.25) is 0 Å². The molecule has 1 aliphatic rings. The number of amides is 1. The summed E-state index contributed by atoms with van der Waals surface area (Å²) in [6.45, 7) is 5.96. The van der Waals surface area contributed by atoms with E-state index < -0.39 is 35.5 Å². The second-order valence-corrected chi connectivity index (χ2v) is 7.92. The van der Waals surface area contributed by atoms with Crippen LogP contribution >= 0.6 is 0 Å². The van der Waals surface area contributed by atoms with Gasteiger partial charge in [-0.05, 0) is 51.8 Å². The van der Waals surface area contributed by atoms with Crippen LogP contribution in [0.15, 0.2) is 18.2 Å². The zero-order valence-electron chi connectivity index (χ0n) is 17.9. The fraction of sp³-hybridized carbons (Fsp3) is 0.524. The Balaban J connectivity index is 2.15. The van der Waals surface area contributed by atoms with Crippen LogP contribution in [0.25, 0.3) is 0 Å². The highest BCUT2D eigenvalue weighted by atomic mass is 16.6. The van der Waals surface area contributed by atoms with Gasteiger partial charge in [-0.2, -0.15) is 0 Å². The van der Waals surface area contributed by atoms with Gasteiger partial charge in [-0.15, -0.1) is 0 Å². The van der Waals surface area contributed by atoms with E-state index in [0.717, 1.165) is 0 Å². The van der Waals surface area contributed by atoms with Gasteiger partial charge in [-0.1, -0.05) is 0 Å². The topological polar surface area (TPSA) is 108 Å². The van der Waals surface area contributed by atoms with Crippen molar-refractivity contribution in [3.8, 4) is 5.75 Å². The monoisotopic (exact) mass is 421 g/mol. The predicted octanol–water partition coefficient (Wildman–Crippen LogP) is 2.81. The van der Waals surface area contributed by atoms with E-state index in [9.17, 15) is 19.2 Å². The Morgan fingerprint density at radius 2 is 1.53 bits per heavy atom. The molecule has 9 nitrogen and oxygen atoms in total. The lowest BCUT2D eigenvalue weighted by molar-refractivity contribution is -0.140. The van der Waals surface area contributed by atoms with Crippen molar-refractivity contribution in [2.75, 3.05) is 27.3 Å². The van der Waals surface area contributed by atoms with E-state index in [1.54, 1.807) is 20.8 Å². The number of hydrogen-bond donors (Lipinski definition) is 0. The molecule has 1 aromatic rings. The first kappa shape index (κ1) is 23.2. The van der Waals surface area contributed by atoms with Gasteiger partial charge in [0, 0.05) is 13.1 Å². The molecular weight excluding hydrogens is 394 g/mol. The van der Waals surface area contributed by atoms with E-state index in [1.807, 2.05) is 0 Å². The Labute approximate surface area is 175 Å². The minimum absolute atomic E-state index is 0.0118. The highest BCUT2D eigenvalue weighted by Gasteiger charge is 2.32. The van der Waals surface area contributed by atoms with Crippen LogP contribution < -0.4 is 4.74 Å². The minimum atomic E-state index is -0.688. The summed E-state index contributed by atoms with van der Waals surface area (Å²) < 4.78 is 20.1. The number of carbonyl (C=O) groups excluding carboxylic acids is 4. The van der Waals surface area contributed by atoms with E-state index in [4.69, 9.17) is 9.47 Å². The smallest absolute Gasteiger partial charge is 0.410 e. The van der Waals surface area contributed by atoms with Crippen molar-refractivity contribution in [1.29, 1.82) is 0 Å². The van der Waals surface area contributed by atoms with E-state index in [0.29, 0.717) is 19.4 Å². The number of likely N-dealkylation sites (tertiary alicyclic amines) is 1. The first-order valence-electron chi connectivity index (χ1n) is 9.55. The zero-order valence-corrected chi connectivity index (χ0v) is 17.9. The van der Waals surface area contributed by atoms with Crippen LogP contribution in [0.2, 0.25) is 0 Å². The molecule has 1 atom stereocenters. The first-order valence-corrected chi connectivity index (χ1v) is 9.55. The van der Waals surface area contributed by atoms with Gasteiger partial charge in [-0.25, -0.2) is 14.4 Å². The Bertz CT molecular complexity index is 793. The molecule has 0 bridgehead atoms. The average Bonchev–Trinajstić information content (AvgIpc) is 2.71. The van der Waals surface area contributed by atoms with Crippen molar-refractivity contribution >= 4 is 24.0 Å². The standard InChI is InChI=1S/C21H27NO8/c1-21(2,3)30-20(26)22-8-6-7-13(12-22)19(25)29-16-10-14(17(23)27-4)9-15(11-16)18(24)28-5/h9-11,13H,6-8,12H2,1-5H3/t13-/m1/s1. The third-order valence-corrected chi connectivity index (χ3v) is 4.37. The van der Waals surface area contributed by atoms with Crippen molar-refractivity contribution in [3.05, 3.63) is 29.3 Å². The van der Waals surface area contributed by atoms with Crippen molar-refractivity contribution in [2.45, 2.75) is 39.2 Å². The summed E-state index contributed by atoms with van der Waals surface area (Å²) in [4.78, 5) is 50.2. The fourth-order valence-electron chi connectivity index (χ4n) is 2.99. The van der Waals surface area contributed by atoms with Gasteiger partial charge in [0.15, 0.2) is 0 Å². The number of carbonyl (C=O) groups is 4. The largest absolute Gasteiger partial charge is 0.465 e. The van der Waals surface area contributed by atoms with E-state index in [-0.39, 0.29) is 23.4 Å². The molecule has 0 saturated carbocycles. The molecule has 0 radical (unpaired) electrons. The molecule has 0 unspecified atom stereocenters. The molecule has 0 aliphatic carbocycles. The van der Waals surface area contributed by atoms with Gasteiger partial charge >= 0.3 is 24.0 Å². The number of methoxy groups -OCH3 is 2. The molecule has 1 fully saturated rings. The number of benzene rings is 1. The van der Waals surface area contributed by atoms with Gasteiger partial charge < -0.3 is 23.8 Å².